The molecule has 0 aliphatic carbocycles. The molecule has 0 fully saturated rings. The summed E-state index contributed by atoms with van der Waals surface area (Å²) in [5, 5.41) is 9.67. The molecule has 0 aromatic heterocycles. The van der Waals surface area contributed by atoms with Gasteiger partial charge in [0.05, 0.1) is 31.8 Å². The number of hydrogen-bond donors (Lipinski definition) is 1. The van der Waals surface area contributed by atoms with Crippen molar-refractivity contribution in [3.63, 3.8) is 0 Å². The molecular formula is C19H20O5S. The highest BCUT2D eigenvalue weighted by Gasteiger charge is 2.17. The molecule has 0 bridgehead atoms. The van der Waals surface area contributed by atoms with Gasteiger partial charge in [-0.3, -0.25) is 0 Å². The van der Waals surface area contributed by atoms with Gasteiger partial charge in [0.15, 0.2) is 0 Å². The molecule has 1 N–H and O–H groups in total. The second-order valence-corrected chi connectivity index (χ2v) is 5.84. The number of methoxy groups -OCH3 is 3. The largest absolute Gasteiger partial charge is 0.496 e. The van der Waals surface area contributed by atoms with E-state index in [9.17, 15) is 9.90 Å². The van der Waals surface area contributed by atoms with Crippen LogP contribution in [-0.2, 0) is 4.79 Å². The molecule has 0 unspecified atom stereocenters. The van der Waals surface area contributed by atoms with E-state index in [0.29, 0.717) is 28.4 Å². The molecule has 25 heavy (non-hydrogen) atoms. The van der Waals surface area contributed by atoms with Gasteiger partial charge in [-0.05, 0) is 36.1 Å². The molecule has 0 saturated heterocycles. The Balaban J connectivity index is 2.64. The Morgan fingerprint density at radius 2 is 1.56 bits per heavy atom. The number of para-hydroxylation sites is 1. The van der Waals surface area contributed by atoms with Gasteiger partial charge in [0, 0.05) is 5.56 Å². The lowest BCUT2D eigenvalue weighted by Crippen LogP contribution is -2.02. The maximum atomic E-state index is 11.8. The summed E-state index contributed by atoms with van der Waals surface area (Å²) in [5.41, 5.74) is 1.29. The van der Waals surface area contributed by atoms with Crippen molar-refractivity contribution in [2.75, 3.05) is 27.6 Å². The number of carboxylic acid groups (broad SMARTS) is 1. The molecule has 6 heteroatoms. The minimum Gasteiger partial charge on any atom is -0.496 e. The summed E-state index contributed by atoms with van der Waals surface area (Å²) < 4.78 is 16.1. The summed E-state index contributed by atoms with van der Waals surface area (Å²) in [6, 6.07) is 10.6. The molecular weight excluding hydrogens is 340 g/mol. The van der Waals surface area contributed by atoms with E-state index in [4.69, 9.17) is 14.2 Å². The molecule has 2 aromatic carbocycles. The third-order valence-corrected chi connectivity index (χ3v) is 4.44. The Morgan fingerprint density at radius 3 is 2.04 bits per heavy atom. The number of benzene rings is 2. The second-order valence-electron chi connectivity index (χ2n) is 5.02. The summed E-state index contributed by atoms with van der Waals surface area (Å²) in [7, 11) is 4.65. The lowest BCUT2D eigenvalue weighted by Gasteiger charge is -2.13. The highest BCUT2D eigenvalue weighted by Crippen LogP contribution is 2.39. The SMILES string of the molecule is COc1ccccc1/C(=C\c1cc(OC)c(SC)c(OC)c1)C(=O)O. The topological polar surface area (TPSA) is 65.0 Å². The van der Waals surface area contributed by atoms with Crippen molar-refractivity contribution in [2.24, 2.45) is 0 Å². The standard InChI is InChI=1S/C19H20O5S/c1-22-15-8-6-5-7-13(15)14(19(20)21)9-12-10-16(23-2)18(25-4)17(11-12)24-3/h5-11H,1-4H3,(H,20,21)/b14-9+. The van der Waals surface area contributed by atoms with E-state index in [1.54, 1.807) is 56.7 Å². The maximum absolute atomic E-state index is 11.8. The van der Waals surface area contributed by atoms with Crippen LogP contribution in [0, 0.1) is 0 Å². The maximum Gasteiger partial charge on any atom is 0.336 e. The average Bonchev–Trinajstić information content (AvgIpc) is 2.64. The molecule has 2 aromatic rings. The van der Waals surface area contributed by atoms with Gasteiger partial charge >= 0.3 is 5.97 Å². The fraction of sp³-hybridized carbons (Fsp3) is 0.211. The molecule has 0 saturated carbocycles. The quantitative estimate of drug-likeness (QED) is 0.456. The first-order valence-corrected chi connectivity index (χ1v) is 8.66. The van der Waals surface area contributed by atoms with Crippen LogP contribution in [0.5, 0.6) is 17.2 Å². The molecule has 0 heterocycles. The van der Waals surface area contributed by atoms with Crippen LogP contribution >= 0.6 is 11.8 Å². The van der Waals surface area contributed by atoms with Gasteiger partial charge in [-0.1, -0.05) is 18.2 Å². The lowest BCUT2D eigenvalue weighted by molar-refractivity contribution is -0.130. The zero-order chi connectivity index (χ0) is 18.4. The number of hydrogen-bond acceptors (Lipinski definition) is 5. The van der Waals surface area contributed by atoms with Crippen LogP contribution in [0.2, 0.25) is 0 Å². The highest BCUT2D eigenvalue weighted by atomic mass is 32.2. The van der Waals surface area contributed by atoms with Crippen molar-refractivity contribution in [3.05, 3.63) is 47.5 Å². The molecule has 0 aliphatic heterocycles. The van der Waals surface area contributed by atoms with Crippen LogP contribution in [0.4, 0.5) is 0 Å². The van der Waals surface area contributed by atoms with Crippen LogP contribution < -0.4 is 14.2 Å². The van der Waals surface area contributed by atoms with Gasteiger partial charge in [0.25, 0.3) is 0 Å². The predicted molar refractivity (Wildman–Crippen MR) is 99.8 cm³/mol. The molecule has 0 amide bonds. The van der Waals surface area contributed by atoms with Gasteiger partial charge in [-0.2, -0.15) is 0 Å². The Bertz CT molecular complexity index is 773. The van der Waals surface area contributed by atoms with Gasteiger partial charge in [0.1, 0.15) is 17.2 Å². The van der Waals surface area contributed by atoms with E-state index in [0.717, 1.165) is 4.90 Å². The van der Waals surface area contributed by atoms with Crippen molar-refractivity contribution < 1.29 is 24.1 Å². The summed E-state index contributed by atoms with van der Waals surface area (Å²) >= 11 is 1.50. The predicted octanol–water partition coefficient (Wildman–Crippen LogP) is 4.06. The zero-order valence-corrected chi connectivity index (χ0v) is 15.3. The normalized spacial score (nSPS) is 11.1. The minimum atomic E-state index is -1.05. The van der Waals surface area contributed by atoms with Crippen molar-refractivity contribution in [2.45, 2.75) is 4.90 Å². The number of ether oxygens (including phenoxy) is 3. The Labute approximate surface area is 151 Å². The van der Waals surface area contributed by atoms with Gasteiger partial charge in [-0.25, -0.2) is 4.79 Å². The molecule has 2 rings (SSSR count). The summed E-state index contributed by atoms with van der Waals surface area (Å²) in [4.78, 5) is 12.7. The van der Waals surface area contributed by atoms with E-state index in [2.05, 4.69) is 0 Å². The number of aliphatic carboxylic acids is 1. The molecule has 0 spiro atoms. The summed E-state index contributed by atoms with van der Waals surface area (Å²) in [5.74, 6) is 0.706. The summed E-state index contributed by atoms with van der Waals surface area (Å²) in [6.07, 6.45) is 3.50. The third-order valence-electron chi connectivity index (χ3n) is 3.63. The number of carbonyl (C=O) groups is 1. The highest BCUT2D eigenvalue weighted by molar-refractivity contribution is 7.98. The fourth-order valence-electron chi connectivity index (χ4n) is 2.47. The fourth-order valence-corrected chi connectivity index (χ4v) is 3.16. The Morgan fingerprint density at radius 1 is 1.00 bits per heavy atom. The molecule has 132 valence electrons. The Kier molecular flexibility index (Phi) is 6.36. The van der Waals surface area contributed by atoms with Crippen LogP contribution in [0.1, 0.15) is 11.1 Å². The number of carboxylic acids is 1. The van der Waals surface area contributed by atoms with Crippen molar-refractivity contribution >= 4 is 29.4 Å². The van der Waals surface area contributed by atoms with E-state index in [-0.39, 0.29) is 5.57 Å². The van der Waals surface area contributed by atoms with Crippen LogP contribution in [0.3, 0.4) is 0 Å². The van der Waals surface area contributed by atoms with E-state index >= 15 is 0 Å². The van der Waals surface area contributed by atoms with Crippen molar-refractivity contribution in [1.82, 2.24) is 0 Å². The van der Waals surface area contributed by atoms with Gasteiger partial charge in [0.2, 0.25) is 0 Å². The first-order valence-electron chi connectivity index (χ1n) is 7.44. The molecule has 0 atom stereocenters. The first kappa shape index (κ1) is 18.7. The average molecular weight is 360 g/mol. The van der Waals surface area contributed by atoms with Crippen LogP contribution in [0.15, 0.2) is 41.3 Å². The lowest BCUT2D eigenvalue weighted by atomic mass is 10.0. The molecule has 0 radical (unpaired) electrons. The molecule has 0 aliphatic rings. The minimum absolute atomic E-state index is 0.124. The Hall–Kier alpha value is -2.60. The zero-order valence-electron chi connectivity index (χ0n) is 14.5. The summed E-state index contributed by atoms with van der Waals surface area (Å²) in [6.45, 7) is 0. The van der Waals surface area contributed by atoms with E-state index in [1.165, 1.54) is 18.9 Å². The van der Waals surface area contributed by atoms with E-state index in [1.807, 2.05) is 6.26 Å². The monoisotopic (exact) mass is 360 g/mol. The number of rotatable bonds is 7. The molecule has 5 nitrogen and oxygen atoms in total. The number of thioether (sulfide) groups is 1. The van der Waals surface area contributed by atoms with Crippen LogP contribution in [-0.4, -0.2) is 38.7 Å². The van der Waals surface area contributed by atoms with Gasteiger partial charge in [-0.15, -0.1) is 11.8 Å². The second kappa shape index (κ2) is 8.48. The van der Waals surface area contributed by atoms with Crippen molar-refractivity contribution in [3.8, 4) is 17.2 Å². The van der Waals surface area contributed by atoms with E-state index < -0.39 is 5.97 Å². The third kappa shape index (κ3) is 4.09. The van der Waals surface area contributed by atoms with Crippen molar-refractivity contribution in [1.29, 1.82) is 0 Å². The van der Waals surface area contributed by atoms with Gasteiger partial charge < -0.3 is 19.3 Å². The van der Waals surface area contributed by atoms with Crippen LogP contribution in [0.25, 0.3) is 11.6 Å². The smallest absolute Gasteiger partial charge is 0.336 e. The first-order chi connectivity index (χ1) is 12.0.